The zero-order valence-electron chi connectivity index (χ0n) is 11.0. The third-order valence-corrected chi connectivity index (χ3v) is 2.38. The van der Waals surface area contributed by atoms with E-state index in [4.69, 9.17) is 10.5 Å². The summed E-state index contributed by atoms with van der Waals surface area (Å²) < 4.78 is 5.26. The largest absolute Gasteiger partial charge is 0.378 e. The summed E-state index contributed by atoms with van der Waals surface area (Å²) in [6.45, 7) is 11.2. The topological polar surface area (TPSA) is 62.9 Å². The van der Waals surface area contributed by atoms with E-state index >= 15 is 0 Å². The highest BCUT2D eigenvalue weighted by Crippen LogP contribution is 1.98. The number of nitrogens with zero attached hydrogens (tertiary/aromatic N) is 2. The lowest BCUT2D eigenvalue weighted by Gasteiger charge is -2.27. The number of rotatable bonds is 3. The Balaban J connectivity index is 0.00000256. The molecule has 0 saturated carbocycles. The van der Waals surface area contributed by atoms with Crippen molar-refractivity contribution in [3.05, 3.63) is 0 Å². The summed E-state index contributed by atoms with van der Waals surface area (Å²) in [7, 11) is 0. The van der Waals surface area contributed by atoms with Crippen LogP contribution in [-0.2, 0) is 4.74 Å². The van der Waals surface area contributed by atoms with E-state index in [1.807, 2.05) is 0 Å². The van der Waals surface area contributed by atoms with Crippen LogP contribution in [0, 0.1) is 0 Å². The molecule has 6 heteroatoms. The first-order valence-electron chi connectivity index (χ1n) is 5.87. The minimum atomic E-state index is 0. The Bertz CT molecular complexity index is 234. The third-order valence-electron chi connectivity index (χ3n) is 2.38. The summed E-state index contributed by atoms with van der Waals surface area (Å²) in [6.07, 6.45) is 0. The molecule has 0 aromatic rings. The average molecular weight is 356 g/mol. The van der Waals surface area contributed by atoms with Gasteiger partial charge in [0.05, 0.1) is 19.8 Å². The van der Waals surface area contributed by atoms with E-state index in [-0.39, 0.29) is 29.5 Å². The van der Waals surface area contributed by atoms with Crippen molar-refractivity contribution in [1.29, 1.82) is 0 Å². The van der Waals surface area contributed by atoms with Crippen LogP contribution in [0.3, 0.4) is 0 Å². The van der Waals surface area contributed by atoms with Crippen LogP contribution in [0.15, 0.2) is 4.99 Å². The highest BCUT2D eigenvalue weighted by molar-refractivity contribution is 14.0. The fourth-order valence-electron chi connectivity index (χ4n) is 1.49. The molecule has 0 spiro atoms. The molecule has 1 aliphatic heterocycles. The second-order valence-electron chi connectivity index (χ2n) is 5.02. The molecule has 1 aliphatic rings. The molecule has 5 nitrogen and oxygen atoms in total. The Hall–Kier alpha value is -0.0800. The van der Waals surface area contributed by atoms with Gasteiger partial charge in [0, 0.05) is 25.2 Å². The lowest BCUT2D eigenvalue weighted by Crippen LogP contribution is -2.45. The van der Waals surface area contributed by atoms with Gasteiger partial charge in [-0.1, -0.05) is 0 Å². The molecular formula is C11H25IN4O. The summed E-state index contributed by atoms with van der Waals surface area (Å²) in [5.41, 5.74) is 6.03. The van der Waals surface area contributed by atoms with Gasteiger partial charge in [0.2, 0.25) is 0 Å². The monoisotopic (exact) mass is 356 g/mol. The summed E-state index contributed by atoms with van der Waals surface area (Å²) in [5, 5.41) is 3.37. The van der Waals surface area contributed by atoms with Crippen molar-refractivity contribution in [2.24, 2.45) is 10.7 Å². The van der Waals surface area contributed by atoms with Crippen LogP contribution < -0.4 is 11.1 Å². The third kappa shape index (κ3) is 7.77. The van der Waals surface area contributed by atoms with E-state index in [1.54, 1.807) is 0 Å². The lowest BCUT2D eigenvalue weighted by atomic mass is 10.1. The number of halogens is 1. The normalized spacial score (nSPS) is 17.8. The van der Waals surface area contributed by atoms with Crippen molar-refractivity contribution in [3.63, 3.8) is 0 Å². The van der Waals surface area contributed by atoms with E-state index in [9.17, 15) is 0 Å². The van der Waals surface area contributed by atoms with Crippen LogP contribution in [0.2, 0.25) is 0 Å². The van der Waals surface area contributed by atoms with Crippen molar-refractivity contribution in [3.8, 4) is 0 Å². The van der Waals surface area contributed by atoms with Crippen LogP contribution in [0.4, 0.5) is 0 Å². The molecule has 0 radical (unpaired) electrons. The smallest absolute Gasteiger partial charge is 0.191 e. The quantitative estimate of drug-likeness (QED) is 0.337. The molecule has 0 bridgehead atoms. The number of ether oxygens (including phenoxy) is 1. The van der Waals surface area contributed by atoms with Gasteiger partial charge in [-0.15, -0.1) is 24.0 Å². The lowest BCUT2D eigenvalue weighted by molar-refractivity contribution is 0.0674. The first-order valence-corrected chi connectivity index (χ1v) is 5.87. The Morgan fingerprint density at radius 1 is 1.35 bits per heavy atom. The highest BCUT2D eigenvalue weighted by Gasteiger charge is 2.12. The fourth-order valence-corrected chi connectivity index (χ4v) is 1.49. The number of guanidine groups is 1. The SMILES string of the molecule is CC(C)(C)NCCN=C(N)N1CCOCC1.I. The zero-order chi connectivity index (χ0) is 12.0. The molecule has 1 fully saturated rings. The summed E-state index contributed by atoms with van der Waals surface area (Å²) >= 11 is 0. The molecular weight excluding hydrogens is 331 g/mol. The van der Waals surface area contributed by atoms with Gasteiger partial charge in [-0.25, -0.2) is 0 Å². The standard InChI is InChI=1S/C11H24N4O.HI/c1-11(2,3)14-5-4-13-10(12)15-6-8-16-9-7-15;/h14H,4-9H2,1-3H3,(H2,12,13);1H. The van der Waals surface area contributed by atoms with E-state index < -0.39 is 0 Å². The van der Waals surface area contributed by atoms with Crippen LogP contribution in [-0.4, -0.2) is 55.8 Å². The van der Waals surface area contributed by atoms with E-state index in [0.717, 1.165) is 39.4 Å². The summed E-state index contributed by atoms with van der Waals surface area (Å²) in [4.78, 5) is 6.42. The van der Waals surface area contributed by atoms with E-state index in [0.29, 0.717) is 5.96 Å². The van der Waals surface area contributed by atoms with Gasteiger partial charge < -0.3 is 20.7 Å². The minimum Gasteiger partial charge on any atom is -0.378 e. The van der Waals surface area contributed by atoms with Gasteiger partial charge in [-0.2, -0.15) is 0 Å². The molecule has 3 N–H and O–H groups in total. The van der Waals surface area contributed by atoms with Crippen molar-refractivity contribution >= 4 is 29.9 Å². The highest BCUT2D eigenvalue weighted by atomic mass is 127. The molecule has 17 heavy (non-hydrogen) atoms. The molecule has 1 saturated heterocycles. The number of hydrogen-bond donors (Lipinski definition) is 2. The first-order chi connectivity index (χ1) is 7.49. The van der Waals surface area contributed by atoms with Crippen LogP contribution in [0.5, 0.6) is 0 Å². The predicted octanol–water partition coefficient (Wildman–Crippen LogP) is 0.639. The second-order valence-corrected chi connectivity index (χ2v) is 5.02. The van der Waals surface area contributed by atoms with E-state index in [1.165, 1.54) is 0 Å². The molecule has 1 rings (SSSR count). The Morgan fingerprint density at radius 2 is 1.94 bits per heavy atom. The summed E-state index contributed by atoms with van der Waals surface area (Å²) in [5.74, 6) is 0.638. The van der Waals surface area contributed by atoms with E-state index in [2.05, 4.69) is 36.0 Å². The molecule has 0 atom stereocenters. The maximum absolute atomic E-state index is 5.89. The molecule has 0 aliphatic carbocycles. The maximum Gasteiger partial charge on any atom is 0.191 e. The molecule has 0 amide bonds. The number of nitrogens with one attached hydrogen (secondary N) is 1. The van der Waals surface area contributed by atoms with Crippen molar-refractivity contribution < 1.29 is 4.74 Å². The van der Waals surface area contributed by atoms with Crippen LogP contribution in [0.25, 0.3) is 0 Å². The Kier molecular flexibility index (Phi) is 8.06. The Labute approximate surface area is 121 Å². The predicted molar refractivity (Wildman–Crippen MR) is 82.1 cm³/mol. The van der Waals surface area contributed by atoms with Crippen molar-refractivity contribution in [2.45, 2.75) is 26.3 Å². The maximum atomic E-state index is 5.89. The van der Waals surface area contributed by atoms with Crippen LogP contribution >= 0.6 is 24.0 Å². The summed E-state index contributed by atoms with van der Waals surface area (Å²) in [6, 6.07) is 0. The first kappa shape index (κ1) is 16.9. The van der Waals surface area contributed by atoms with Crippen molar-refractivity contribution in [1.82, 2.24) is 10.2 Å². The number of nitrogens with two attached hydrogens (primary N) is 1. The molecule has 102 valence electrons. The average Bonchev–Trinajstić information content (AvgIpc) is 2.24. The number of aliphatic imine (C=N–C) groups is 1. The van der Waals surface area contributed by atoms with Gasteiger partial charge in [0.25, 0.3) is 0 Å². The minimum absolute atomic E-state index is 0. The fraction of sp³-hybridized carbons (Fsp3) is 0.909. The molecule has 0 unspecified atom stereocenters. The molecule has 0 aromatic heterocycles. The van der Waals surface area contributed by atoms with Gasteiger partial charge in [0.1, 0.15) is 0 Å². The van der Waals surface area contributed by atoms with Gasteiger partial charge in [-0.3, -0.25) is 4.99 Å². The Morgan fingerprint density at radius 3 is 2.47 bits per heavy atom. The second kappa shape index (κ2) is 8.10. The molecule has 1 heterocycles. The number of hydrogen-bond acceptors (Lipinski definition) is 3. The number of morpholine rings is 1. The van der Waals surface area contributed by atoms with Gasteiger partial charge in [-0.05, 0) is 20.8 Å². The zero-order valence-corrected chi connectivity index (χ0v) is 13.4. The van der Waals surface area contributed by atoms with Crippen LogP contribution in [0.1, 0.15) is 20.8 Å². The van der Waals surface area contributed by atoms with Gasteiger partial charge >= 0.3 is 0 Å². The molecule has 0 aromatic carbocycles. The van der Waals surface area contributed by atoms with Gasteiger partial charge in [0.15, 0.2) is 5.96 Å². The van der Waals surface area contributed by atoms with Crippen molar-refractivity contribution in [2.75, 3.05) is 39.4 Å².